The molecule has 3 atom stereocenters. The number of fused-ring (bicyclic) bond motifs is 3. The molecule has 2 aliphatic rings. The summed E-state index contributed by atoms with van der Waals surface area (Å²) >= 11 is 0. The first-order valence-electron chi connectivity index (χ1n) is 11.1. The van der Waals surface area contributed by atoms with Crippen LogP contribution in [0.15, 0.2) is 78.9 Å². The summed E-state index contributed by atoms with van der Waals surface area (Å²) in [5.41, 5.74) is 5.79. The first-order valence-corrected chi connectivity index (χ1v) is 11.1. The minimum Gasteiger partial charge on any atom is -0.396 e. The SMILES string of the molecule is Cc1ccc([C@@H]2[C@H]3c4ccccc4CCN3N(C(=O)c3ccccc3)[C@H]2CCO)cc1. The van der Waals surface area contributed by atoms with Crippen LogP contribution < -0.4 is 0 Å². The molecule has 0 saturated carbocycles. The fraction of sp³-hybridized carbons (Fsp3) is 0.296. The van der Waals surface area contributed by atoms with Crippen molar-refractivity contribution in [3.05, 3.63) is 107 Å². The molecule has 0 radical (unpaired) electrons. The van der Waals surface area contributed by atoms with E-state index in [-0.39, 0.29) is 30.5 Å². The maximum Gasteiger partial charge on any atom is 0.268 e. The van der Waals surface area contributed by atoms with E-state index >= 15 is 0 Å². The molecule has 1 fully saturated rings. The molecule has 4 nitrogen and oxygen atoms in total. The third kappa shape index (κ3) is 3.46. The molecule has 4 heteroatoms. The Morgan fingerprint density at radius 2 is 1.68 bits per heavy atom. The lowest BCUT2D eigenvalue weighted by Gasteiger charge is -2.38. The lowest BCUT2D eigenvalue weighted by atomic mass is 9.79. The summed E-state index contributed by atoms with van der Waals surface area (Å²) in [4.78, 5) is 13.7. The van der Waals surface area contributed by atoms with Crippen LogP contribution in [0.1, 0.15) is 51.0 Å². The molecule has 0 bridgehead atoms. The second-order valence-electron chi connectivity index (χ2n) is 8.59. The van der Waals surface area contributed by atoms with E-state index in [0.29, 0.717) is 12.0 Å². The minimum absolute atomic E-state index is 0.0121. The Labute approximate surface area is 183 Å². The molecule has 0 aliphatic carbocycles. The molecule has 5 rings (SSSR count). The first kappa shape index (κ1) is 20.0. The number of aryl methyl sites for hydroxylation is 1. The first-order chi connectivity index (χ1) is 15.2. The predicted octanol–water partition coefficient (Wildman–Crippen LogP) is 4.50. The number of carbonyl (C=O) groups is 1. The van der Waals surface area contributed by atoms with Gasteiger partial charge in [-0.3, -0.25) is 9.80 Å². The van der Waals surface area contributed by atoms with Crippen LogP contribution in [0.4, 0.5) is 0 Å². The topological polar surface area (TPSA) is 43.8 Å². The Balaban J connectivity index is 1.66. The fourth-order valence-corrected chi connectivity index (χ4v) is 5.37. The number of amides is 1. The lowest BCUT2D eigenvalue weighted by Crippen LogP contribution is -2.48. The third-order valence-electron chi connectivity index (χ3n) is 6.77. The molecule has 158 valence electrons. The molecule has 1 N–H and O–H groups in total. The molecule has 1 amide bonds. The van der Waals surface area contributed by atoms with Crippen molar-refractivity contribution >= 4 is 5.91 Å². The number of nitrogens with zero attached hydrogens (tertiary/aromatic N) is 2. The number of hydrogen-bond donors (Lipinski definition) is 1. The van der Waals surface area contributed by atoms with E-state index in [1.54, 1.807) is 0 Å². The molecule has 2 aliphatic heterocycles. The van der Waals surface area contributed by atoms with Gasteiger partial charge in [0, 0.05) is 24.6 Å². The maximum atomic E-state index is 13.7. The van der Waals surface area contributed by atoms with Gasteiger partial charge in [-0.25, -0.2) is 5.01 Å². The van der Waals surface area contributed by atoms with Gasteiger partial charge < -0.3 is 5.11 Å². The van der Waals surface area contributed by atoms with Crippen LogP contribution in [0.2, 0.25) is 0 Å². The van der Waals surface area contributed by atoms with Gasteiger partial charge in [-0.05, 0) is 48.6 Å². The Kier molecular flexibility index (Phi) is 5.34. The van der Waals surface area contributed by atoms with Gasteiger partial charge in [-0.1, -0.05) is 72.3 Å². The molecule has 31 heavy (non-hydrogen) atoms. The second kappa shape index (κ2) is 8.29. The summed E-state index contributed by atoms with van der Waals surface area (Å²) in [5, 5.41) is 14.2. The Bertz CT molecular complexity index is 1060. The van der Waals surface area contributed by atoms with Gasteiger partial charge in [0.2, 0.25) is 0 Å². The number of benzene rings is 3. The van der Waals surface area contributed by atoms with Crippen LogP contribution in [-0.2, 0) is 6.42 Å². The highest BCUT2D eigenvalue weighted by Gasteiger charge is 2.52. The van der Waals surface area contributed by atoms with Gasteiger partial charge in [-0.2, -0.15) is 0 Å². The van der Waals surface area contributed by atoms with Gasteiger partial charge in [0.05, 0.1) is 12.1 Å². The van der Waals surface area contributed by atoms with E-state index < -0.39 is 0 Å². The number of carbonyl (C=O) groups excluding carboxylic acids is 1. The van der Waals surface area contributed by atoms with Crippen molar-refractivity contribution in [1.29, 1.82) is 0 Å². The Morgan fingerprint density at radius 3 is 2.42 bits per heavy atom. The normalized spacial score (nSPS) is 22.8. The number of hydrazine groups is 1. The van der Waals surface area contributed by atoms with E-state index in [4.69, 9.17) is 0 Å². The molecule has 1 saturated heterocycles. The highest BCUT2D eigenvalue weighted by atomic mass is 16.3. The molecule has 2 heterocycles. The van der Waals surface area contributed by atoms with Crippen LogP contribution >= 0.6 is 0 Å². The van der Waals surface area contributed by atoms with E-state index in [1.807, 2.05) is 35.3 Å². The van der Waals surface area contributed by atoms with E-state index in [9.17, 15) is 9.90 Å². The summed E-state index contributed by atoms with van der Waals surface area (Å²) in [6, 6.07) is 26.8. The smallest absolute Gasteiger partial charge is 0.268 e. The molecular formula is C27H28N2O2. The van der Waals surface area contributed by atoms with Crippen molar-refractivity contribution in [1.82, 2.24) is 10.0 Å². The van der Waals surface area contributed by atoms with E-state index in [0.717, 1.165) is 13.0 Å². The third-order valence-corrected chi connectivity index (χ3v) is 6.77. The van der Waals surface area contributed by atoms with Crippen molar-refractivity contribution in [2.75, 3.05) is 13.2 Å². The van der Waals surface area contributed by atoms with Crippen LogP contribution in [0.5, 0.6) is 0 Å². The van der Waals surface area contributed by atoms with Gasteiger partial charge in [-0.15, -0.1) is 0 Å². The average Bonchev–Trinajstić information content (AvgIpc) is 3.14. The summed E-state index contributed by atoms with van der Waals surface area (Å²) in [7, 11) is 0. The van der Waals surface area contributed by atoms with Crippen molar-refractivity contribution in [3.8, 4) is 0 Å². The van der Waals surface area contributed by atoms with E-state index in [1.165, 1.54) is 22.3 Å². The quantitative estimate of drug-likeness (QED) is 0.686. The zero-order chi connectivity index (χ0) is 21.4. The van der Waals surface area contributed by atoms with Crippen molar-refractivity contribution in [2.24, 2.45) is 0 Å². The number of aliphatic hydroxyl groups is 1. The average molecular weight is 413 g/mol. The van der Waals surface area contributed by atoms with Crippen LogP contribution in [0.3, 0.4) is 0 Å². The molecule has 0 spiro atoms. The highest BCUT2D eigenvalue weighted by Crippen LogP contribution is 2.51. The standard InChI is InChI=1S/C27H28N2O2/c1-19-11-13-21(14-12-19)25-24(16-18-30)29(27(31)22-8-3-2-4-9-22)28-17-15-20-7-5-6-10-23(20)26(25)28/h2-14,24-26,30H,15-18H2,1H3/t24-,25-,26+/m0/s1. The molecule has 3 aromatic rings. The number of rotatable bonds is 4. The fourth-order valence-electron chi connectivity index (χ4n) is 5.37. The molecular weight excluding hydrogens is 384 g/mol. The van der Waals surface area contributed by atoms with Gasteiger partial charge in [0.25, 0.3) is 5.91 Å². The number of hydrogen-bond acceptors (Lipinski definition) is 3. The summed E-state index contributed by atoms with van der Waals surface area (Å²) in [6.45, 7) is 2.94. The Morgan fingerprint density at radius 1 is 0.968 bits per heavy atom. The Hall–Kier alpha value is -2.95. The van der Waals surface area contributed by atoms with Crippen LogP contribution in [0.25, 0.3) is 0 Å². The van der Waals surface area contributed by atoms with Crippen molar-refractivity contribution < 1.29 is 9.90 Å². The predicted molar refractivity (Wildman–Crippen MR) is 122 cm³/mol. The largest absolute Gasteiger partial charge is 0.396 e. The van der Waals surface area contributed by atoms with Gasteiger partial charge in [0.1, 0.15) is 0 Å². The highest BCUT2D eigenvalue weighted by molar-refractivity contribution is 5.94. The zero-order valence-corrected chi connectivity index (χ0v) is 17.8. The van der Waals surface area contributed by atoms with Gasteiger partial charge >= 0.3 is 0 Å². The van der Waals surface area contributed by atoms with Crippen molar-refractivity contribution in [3.63, 3.8) is 0 Å². The monoisotopic (exact) mass is 412 g/mol. The van der Waals surface area contributed by atoms with E-state index in [2.05, 4.69) is 60.5 Å². The lowest BCUT2D eigenvalue weighted by molar-refractivity contribution is -0.0182. The zero-order valence-electron chi connectivity index (χ0n) is 17.8. The summed E-state index contributed by atoms with van der Waals surface area (Å²) < 4.78 is 0. The molecule has 0 unspecified atom stereocenters. The van der Waals surface area contributed by atoms with Crippen LogP contribution in [0, 0.1) is 6.92 Å². The van der Waals surface area contributed by atoms with Crippen molar-refractivity contribution in [2.45, 2.75) is 37.8 Å². The molecule has 0 aromatic heterocycles. The molecule has 3 aromatic carbocycles. The summed E-state index contributed by atoms with van der Waals surface area (Å²) in [6.07, 6.45) is 1.46. The van der Waals surface area contributed by atoms with Gasteiger partial charge in [0.15, 0.2) is 0 Å². The second-order valence-corrected chi connectivity index (χ2v) is 8.59. The summed E-state index contributed by atoms with van der Waals surface area (Å²) in [5.74, 6) is 0.111. The minimum atomic E-state index is -0.100. The maximum absolute atomic E-state index is 13.7. The van der Waals surface area contributed by atoms with Crippen LogP contribution in [-0.4, -0.2) is 40.2 Å². The number of aliphatic hydroxyl groups excluding tert-OH is 1.